The van der Waals surface area contributed by atoms with Crippen molar-refractivity contribution in [3.63, 3.8) is 0 Å². The number of unbranched alkanes of at least 4 members (excludes halogenated alkanes) is 11. The van der Waals surface area contributed by atoms with Gasteiger partial charge >= 0.3 is 6.16 Å². The molecule has 0 aliphatic carbocycles. The third-order valence-corrected chi connectivity index (χ3v) is 4.20. The van der Waals surface area contributed by atoms with Crippen LogP contribution in [0.4, 0.5) is 4.79 Å². The second-order valence-corrected chi connectivity index (χ2v) is 7.85. The van der Waals surface area contributed by atoms with E-state index in [9.17, 15) is 4.79 Å². The van der Waals surface area contributed by atoms with E-state index < -0.39 is 6.16 Å². The van der Waals surface area contributed by atoms with Gasteiger partial charge in [-0.05, 0) is 6.42 Å². The molecule has 0 spiro atoms. The first-order chi connectivity index (χ1) is 11.5. The molecule has 0 aromatic rings. The smallest absolute Gasteiger partial charge is 0.434 e. The van der Waals surface area contributed by atoms with Crippen molar-refractivity contribution in [3.05, 3.63) is 0 Å². The van der Waals surface area contributed by atoms with Crippen LogP contribution < -0.4 is 0 Å². The molecule has 0 aliphatic rings. The lowest BCUT2D eigenvalue weighted by Gasteiger charge is -2.23. The molecule has 0 N–H and O–H groups in total. The van der Waals surface area contributed by atoms with E-state index in [1.165, 1.54) is 64.2 Å². The average Bonchev–Trinajstić information content (AvgIpc) is 2.50. The monoisotopic (exact) mass is 344 g/mol. The molecular weight excluding hydrogens is 302 g/mol. The van der Waals surface area contributed by atoms with Gasteiger partial charge in [-0.3, -0.25) is 0 Å². The van der Waals surface area contributed by atoms with Gasteiger partial charge < -0.3 is 14.0 Å². The summed E-state index contributed by atoms with van der Waals surface area (Å²) in [6.07, 6.45) is 15.2. The fourth-order valence-corrected chi connectivity index (χ4v) is 2.54. The summed E-state index contributed by atoms with van der Waals surface area (Å²) in [5.74, 6) is 0. The predicted octanol–water partition coefficient (Wildman–Crippen LogP) is 5.55. The molecule has 0 amide bonds. The van der Waals surface area contributed by atoms with E-state index in [0.717, 1.165) is 23.9 Å². The number of ether oxygens (including phenoxy) is 2. The Balaban J connectivity index is 3.18. The van der Waals surface area contributed by atoms with Crippen LogP contribution in [0.25, 0.3) is 0 Å². The molecule has 0 atom stereocenters. The molecule has 0 bridgehead atoms. The largest absolute Gasteiger partial charge is 0.508 e. The Morgan fingerprint density at radius 2 is 1.08 bits per heavy atom. The summed E-state index contributed by atoms with van der Waals surface area (Å²) in [4.78, 5) is 11.4. The van der Waals surface area contributed by atoms with Crippen LogP contribution >= 0.6 is 0 Å². The molecular formula is C20H42NO3+. The molecule has 144 valence electrons. The van der Waals surface area contributed by atoms with Crippen LogP contribution in [-0.4, -0.2) is 51.5 Å². The van der Waals surface area contributed by atoms with Gasteiger partial charge in [-0.15, -0.1) is 0 Å². The molecule has 0 saturated heterocycles. The summed E-state index contributed by atoms with van der Waals surface area (Å²) in [5.41, 5.74) is 0. The van der Waals surface area contributed by atoms with Gasteiger partial charge in [0, 0.05) is 0 Å². The maximum Gasteiger partial charge on any atom is 0.508 e. The van der Waals surface area contributed by atoms with Gasteiger partial charge in [-0.1, -0.05) is 77.6 Å². The van der Waals surface area contributed by atoms with E-state index in [1.54, 1.807) is 0 Å². The highest BCUT2D eigenvalue weighted by Crippen LogP contribution is 2.11. The van der Waals surface area contributed by atoms with Gasteiger partial charge in [-0.2, -0.15) is 0 Å². The van der Waals surface area contributed by atoms with Crippen LogP contribution in [0.5, 0.6) is 0 Å². The van der Waals surface area contributed by atoms with Crippen LogP contribution in [0.2, 0.25) is 0 Å². The highest BCUT2D eigenvalue weighted by atomic mass is 16.7. The number of likely N-dealkylation sites (N-methyl/N-ethyl adjacent to an activating group) is 1. The lowest BCUT2D eigenvalue weighted by atomic mass is 10.1. The molecule has 0 unspecified atom stereocenters. The van der Waals surface area contributed by atoms with Crippen LogP contribution in [0.1, 0.15) is 84.0 Å². The second-order valence-electron chi connectivity index (χ2n) is 7.85. The standard InChI is InChI=1S/C20H42NO3/c1-5-6-7-8-9-10-11-12-13-14-15-16-18-23-20(22)24-19-17-21(2,3)4/h5-19H2,1-4H3/q+1. The molecule has 0 saturated carbocycles. The third-order valence-electron chi connectivity index (χ3n) is 4.20. The molecule has 0 heterocycles. The maximum absolute atomic E-state index is 11.4. The molecule has 24 heavy (non-hydrogen) atoms. The van der Waals surface area contributed by atoms with E-state index in [-0.39, 0.29) is 0 Å². The molecule has 0 fully saturated rings. The van der Waals surface area contributed by atoms with Crippen molar-refractivity contribution in [1.82, 2.24) is 0 Å². The number of carbonyl (C=O) groups is 1. The Bertz CT molecular complexity index is 287. The third kappa shape index (κ3) is 19.3. The Morgan fingerprint density at radius 1 is 0.667 bits per heavy atom. The molecule has 4 nitrogen and oxygen atoms in total. The zero-order valence-electron chi connectivity index (χ0n) is 16.8. The SMILES string of the molecule is CCCCCCCCCCCCCCOC(=O)OCC[N+](C)(C)C. The first kappa shape index (κ1) is 23.2. The van der Waals surface area contributed by atoms with E-state index in [0.29, 0.717) is 13.2 Å². The molecule has 0 aromatic heterocycles. The topological polar surface area (TPSA) is 35.5 Å². The average molecular weight is 345 g/mol. The first-order valence-corrected chi connectivity index (χ1v) is 10.1. The number of quaternary nitrogens is 1. The van der Waals surface area contributed by atoms with Gasteiger partial charge in [0.2, 0.25) is 0 Å². The van der Waals surface area contributed by atoms with Crippen LogP contribution in [0.3, 0.4) is 0 Å². The fraction of sp³-hybridized carbons (Fsp3) is 0.950. The lowest BCUT2D eigenvalue weighted by Crippen LogP contribution is -2.38. The Labute approximate surface area is 150 Å². The highest BCUT2D eigenvalue weighted by molar-refractivity contribution is 5.59. The lowest BCUT2D eigenvalue weighted by molar-refractivity contribution is -0.870. The Morgan fingerprint density at radius 3 is 1.54 bits per heavy atom. The van der Waals surface area contributed by atoms with E-state index in [4.69, 9.17) is 9.47 Å². The fourth-order valence-electron chi connectivity index (χ4n) is 2.54. The van der Waals surface area contributed by atoms with Crippen molar-refractivity contribution in [1.29, 1.82) is 0 Å². The van der Waals surface area contributed by atoms with Crippen LogP contribution in [0, 0.1) is 0 Å². The van der Waals surface area contributed by atoms with E-state index in [2.05, 4.69) is 28.1 Å². The van der Waals surface area contributed by atoms with E-state index >= 15 is 0 Å². The molecule has 4 heteroatoms. The quantitative estimate of drug-likeness (QED) is 0.209. The Hall–Kier alpha value is -0.770. The van der Waals surface area contributed by atoms with Crippen LogP contribution in [-0.2, 0) is 9.47 Å². The normalized spacial score (nSPS) is 11.5. The van der Waals surface area contributed by atoms with Crippen molar-refractivity contribution >= 4 is 6.16 Å². The summed E-state index contributed by atoms with van der Waals surface area (Å²) < 4.78 is 10.9. The Kier molecular flexibility index (Phi) is 15.2. The van der Waals surface area contributed by atoms with Crippen molar-refractivity contribution in [3.8, 4) is 0 Å². The van der Waals surface area contributed by atoms with Gasteiger partial charge in [0.05, 0.1) is 27.7 Å². The minimum absolute atomic E-state index is 0.417. The molecule has 0 aromatic carbocycles. The van der Waals surface area contributed by atoms with Crippen molar-refractivity contribution in [2.45, 2.75) is 84.0 Å². The van der Waals surface area contributed by atoms with Crippen molar-refractivity contribution in [2.24, 2.45) is 0 Å². The minimum atomic E-state index is -0.522. The summed E-state index contributed by atoms with van der Waals surface area (Å²) in [6, 6.07) is 0. The van der Waals surface area contributed by atoms with E-state index in [1.807, 2.05) is 0 Å². The molecule has 0 rings (SSSR count). The number of nitrogens with zero attached hydrogens (tertiary/aromatic N) is 1. The minimum Gasteiger partial charge on any atom is -0.434 e. The van der Waals surface area contributed by atoms with Gasteiger partial charge in [0.1, 0.15) is 13.2 Å². The highest BCUT2D eigenvalue weighted by Gasteiger charge is 2.09. The zero-order valence-corrected chi connectivity index (χ0v) is 16.8. The number of hydrogen-bond acceptors (Lipinski definition) is 3. The number of hydrogen-bond donors (Lipinski definition) is 0. The zero-order chi connectivity index (χ0) is 18.1. The van der Waals surface area contributed by atoms with Crippen molar-refractivity contribution in [2.75, 3.05) is 40.9 Å². The van der Waals surface area contributed by atoms with Gasteiger partial charge in [-0.25, -0.2) is 4.79 Å². The summed E-state index contributed by atoms with van der Waals surface area (Å²) >= 11 is 0. The van der Waals surface area contributed by atoms with Crippen LogP contribution in [0.15, 0.2) is 0 Å². The predicted molar refractivity (Wildman–Crippen MR) is 101 cm³/mol. The van der Waals surface area contributed by atoms with Gasteiger partial charge in [0.25, 0.3) is 0 Å². The second kappa shape index (κ2) is 15.7. The number of carbonyl (C=O) groups excluding carboxylic acids is 1. The summed E-state index contributed by atoms with van der Waals surface area (Å²) in [6.45, 7) is 3.97. The maximum atomic E-state index is 11.4. The summed E-state index contributed by atoms with van der Waals surface area (Å²) in [5, 5.41) is 0. The molecule has 0 radical (unpaired) electrons. The number of rotatable bonds is 16. The summed E-state index contributed by atoms with van der Waals surface area (Å²) in [7, 11) is 6.21. The van der Waals surface area contributed by atoms with Crippen molar-refractivity contribution < 1.29 is 18.8 Å². The molecule has 0 aliphatic heterocycles. The first-order valence-electron chi connectivity index (χ1n) is 10.1. The van der Waals surface area contributed by atoms with Gasteiger partial charge in [0.15, 0.2) is 0 Å².